The van der Waals surface area contributed by atoms with E-state index in [0.717, 1.165) is 24.2 Å². The molecule has 3 aliphatic rings. The molecule has 3 saturated carbocycles. The van der Waals surface area contributed by atoms with E-state index in [4.69, 9.17) is 9.47 Å². The highest BCUT2D eigenvalue weighted by atomic mass is 32.2. The van der Waals surface area contributed by atoms with E-state index in [2.05, 4.69) is 20.8 Å². The van der Waals surface area contributed by atoms with Gasteiger partial charge in [0.1, 0.15) is 11.9 Å². The van der Waals surface area contributed by atoms with Crippen molar-refractivity contribution in [1.29, 1.82) is 0 Å². The van der Waals surface area contributed by atoms with Crippen LogP contribution in [0.25, 0.3) is 0 Å². The summed E-state index contributed by atoms with van der Waals surface area (Å²) < 4.78 is 11.3. The number of carbonyl (C=O) groups is 3. The number of ether oxygens (including phenoxy) is 2. The van der Waals surface area contributed by atoms with E-state index in [9.17, 15) is 19.5 Å². The second-order valence-corrected chi connectivity index (χ2v) is 13.2. The maximum absolute atomic E-state index is 13.4. The molecule has 1 aromatic carbocycles. The molecule has 0 spiro atoms. The smallest absolute Gasteiger partial charge is 0.344 e. The van der Waals surface area contributed by atoms with Gasteiger partial charge in [0.25, 0.3) is 0 Å². The number of carbonyl (C=O) groups excluding carboxylic acids is 3. The lowest BCUT2D eigenvalue weighted by Crippen LogP contribution is -2.63. The Morgan fingerprint density at radius 1 is 1.08 bits per heavy atom. The van der Waals surface area contributed by atoms with Gasteiger partial charge in [-0.1, -0.05) is 52.8 Å². The Kier molecular flexibility index (Phi) is 7.65. The summed E-state index contributed by atoms with van der Waals surface area (Å²) in [6.45, 7) is 9.96. The molecule has 3 fully saturated rings. The summed E-state index contributed by atoms with van der Waals surface area (Å²) >= 11 is 1.35. The average Bonchev–Trinajstić information content (AvgIpc) is 3.20. The fourth-order valence-corrected chi connectivity index (χ4v) is 8.23. The summed E-state index contributed by atoms with van der Waals surface area (Å²) in [5.41, 5.74) is -1.32. The third-order valence-corrected chi connectivity index (χ3v) is 10.8. The standard InChI is InChI=1S/C29H40O6S/c1-18-11-13-29-14-12-21(30)25(29)28(18,5)22(15-27(3,4)26(33)19(29)2)35-23(31)16-34-24(32)17-36-20-9-7-6-8-10-20/h6-10,18-19,22,25-26,33H,11-17H2,1-5H3/t18-,19+,22-,25+,26+,28+,29+/m1/s1. The number of thioether (sulfide) groups is 1. The molecule has 2 bridgehead atoms. The molecule has 0 heterocycles. The van der Waals surface area contributed by atoms with E-state index in [0.29, 0.717) is 12.8 Å². The minimum absolute atomic E-state index is 0.0181. The van der Waals surface area contributed by atoms with Crippen LogP contribution >= 0.6 is 11.8 Å². The van der Waals surface area contributed by atoms with Crippen LogP contribution in [0.5, 0.6) is 0 Å². The second-order valence-electron chi connectivity index (χ2n) is 12.1. The molecular formula is C29H40O6S. The molecule has 0 saturated heterocycles. The Bertz CT molecular complexity index is 993. The van der Waals surface area contributed by atoms with Gasteiger partial charge in [0, 0.05) is 22.6 Å². The lowest BCUT2D eigenvalue weighted by atomic mass is 9.44. The Morgan fingerprint density at radius 3 is 2.47 bits per heavy atom. The predicted octanol–water partition coefficient (Wildman–Crippen LogP) is 5.06. The normalized spacial score (nSPS) is 37.4. The molecule has 0 unspecified atom stereocenters. The number of esters is 2. The number of Topliss-reactive ketones (excluding diaryl/α,β-unsaturated/α-hetero) is 1. The first-order valence-corrected chi connectivity index (χ1v) is 14.1. The quantitative estimate of drug-likeness (QED) is 0.417. The third-order valence-electron chi connectivity index (χ3n) is 9.77. The average molecular weight is 517 g/mol. The van der Waals surface area contributed by atoms with Crippen molar-refractivity contribution in [2.75, 3.05) is 12.4 Å². The van der Waals surface area contributed by atoms with Gasteiger partial charge in [-0.25, -0.2) is 4.79 Å². The first kappa shape index (κ1) is 27.2. The second kappa shape index (κ2) is 10.1. The van der Waals surface area contributed by atoms with Crippen molar-refractivity contribution in [2.24, 2.45) is 34.0 Å². The lowest BCUT2D eigenvalue weighted by Gasteiger charge is -2.61. The molecule has 0 radical (unpaired) electrons. The molecule has 0 aliphatic heterocycles. The Balaban J connectivity index is 1.51. The summed E-state index contributed by atoms with van der Waals surface area (Å²) in [6, 6.07) is 9.53. The molecule has 7 heteroatoms. The van der Waals surface area contributed by atoms with Gasteiger partial charge in [-0.2, -0.15) is 0 Å². The van der Waals surface area contributed by atoms with Crippen LogP contribution in [0.2, 0.25) is 0 Å². The summed E-state index contributed by atoms with van der Waals surface area (Å²) in [7, 11) is 0. The number of aliphatic hydroxyl groups is 1. The number of aliphatic hydroxyl groups excluding tert-OH is 1. The zero-order valence-electron chi connectivity index (χ0n) is 22.1. The first-order chi connectivity index (χ1) is 16.9. The molecule has 3 aliphatic carbocycles. The van der Waals surface area contributed by atoms with Crippen LogP contribution in [0.15, 0.2) is 35.2 Å². The van der Waals surface area contributed by atoms with Gasteiger partial charge >= 0.3 is 11.9 Å². The van der Waals surface area contributed by atoms with Crippen molar-refractivity contribution in [3.8, 4) is 0 Å². The number of rotatable bonds is 6. The molecule has 1 aromatic rings. The molecule has 4 rings (SSSR count). The molecule has 0 aromatic heterocycles. The van der Waals surface area contributed by atoms with Gasteiger partial charge in [-0.15, -0.1) is 11.8 Å². The molecule has 36 heavy (non-hydrogen) atoms. The van der Waals surface area contributed by atoms with Gasteiger partial charge in [-0.05, 0) is 60.5 Å². The van der Waals surface area contributed by atoms with Gasteiger partial charge in [0.05, 0.1) is 11.9 Å². The van der Waals surface area contributed by atoms with E-state index in [1.807, 2.05) is 44.2 Å². The zero-order valence-corrected chi connectivity index (χ0v) is 22.9. The van der Waals surface area contributed by atoms with Crippen molar-refractivity contribution >= 4 is 29.5 Å². The fourth-order valence-electron chi connectivity index (χ4n) is 7.51. The number of hydrogen-bond acceptors (Lipinski definition) is 7. The van der Waals surface area contributed by atoms with E-state index >= 15 is 0 Å². The molecular weight excluding hydrogens is 476 g/mol. The maximum Gasteiger partial charge on any atom is 0.344 e. The van der Waals surface area contributed by atoms with Crippen molar-refractivity contribution in [2.45, 2.75) is 83.8 Å². The van der Waals surface area contributed by atoms with E-state index < -0.39 is 41.6 Å². The van der Waals surface area contributed by atoms with Crippen LogP contribution in [-0.2, 0) is 23.9 Å². The Hall–Kier alpha value is -1.86. The van der Waals surface area contributed by atoms with E-state index in [1.165, 1.54) is 11.8 Å². The molecule has 1 N–H and O–H groups in total. The van der Waals surface area contributed by atoms with E-state index in [-0.39, 0.29) is 34.7 Å². The number of ketones is 1. The summed E-state index contributed by atoms with van der Waals surface area (Å²) in [5.74, 6) is -0.845. The topological polar surface area (TPSA) is 89.9 Å². The van der Waals surface area contributed by atoms with Gasteiger partial charge in [-0.3, -0.25) is 9.59 Å². The van der Waals surface area contributed by atoms with E-state index in [1.54, 1.807) is 0 Å². The van der Waals surface area contributed by atoms with Crippen molar-refractivity contribution in [3.63, 3.8) is 0 Å². The van der Waals surface area contributed by atoms with Crippen LogP contribution in [-0.4, -0.2) is 47.4 Å². The SMILES string of the molecule is C[C@@H]1CC[C@@]23CCC(=O)[C@H]2[C@]1(C)[C@H](OC(=O)COC(=O)CSc1ccccc1)CC(C)(C)[C@@H](O)[C@@H]3C. The van der Waals surface area contributed by atoms with Crippen molar-refractivity contribution in [3.05, 3.63) is 30.3 Å². The zero-order chi connectivity index (χ0) is 26.3. The first-order valence-electron chi connectivity index (χ1n) is 13.2. The molecule has 198 valence electrons. The fraction of sp³-hybridized carbons (Fsp3) is 0.690. The van der Waals surface area contributed by atoms with Crippen molar-refractivity contribution < 1.29 is 29.0 Å². The van der Waals surface area contributed by atoms with Crippen LogP contribution in [0.1, 0.15) is 66.7 Å². The Labute approximate surface area is 218 Å². The predicted molar refractivity (Wildman–Crippen MR) is 138 cm³/mol. The molecule has 0 amide bonds. The highest BCUT2D eigenvalue weighted by Crippen LogP contribution is 2.67. The summed E-state index contributed by atoms with van der Waals surface area (Å²) in [5, 5.41) is 11.5. The van der Waals surface area contributed by atoms with Gasteiger partial charge in [0.15, 0.2) is 6.61 Å². The van der Waals surface area contributed by atoms with Crippen molar-refractivity contribution in [1.82, 2.24) is 0 Å². The molecule has 6 nitrogen and oxygen atoms in total. The van der Waals surface area contributed by atoms with Crippen LogP contribution in [0.4, 0.5) is 0 Å². The largest absolute Gasteiger partial charge is 0.459 e. The van der Waals surface area contributed by atoms with Crippen LogP contribution in [0.3, 0.4) is 0 Å². The minimum atomic E-state index is -0.613. The number of benzene rings is 1. The molecule has 7 atom stereocenters. The van der Waals surface area contributed by atoms with Gasteiger partial charge < -0.3 is 14.6 Å². The van der Waals surface area contributed by atoms with Gasteiger partial charge in [0.2, 0.25) is 0 Å². The van der Waals surface area contributed by atoms with Crippen LogP contribution < -0.4 is 0 Å². The third kappa shape index (κ3) is 4.73. The lowest BCUT2D eigenvalue weighted by molar-refractivity contribution is -0.211. The monoisotopic (exact) mass is 516 g/mol. The summed E-state index contributed by atoms with van der Waals surface area (Å²) in [4.78, 5) is 39.6. The highest BCUT2D eigenvalue weighted by Gasteiger charge is 2.68. The summed E-state index contributed by atoms with van der Waals surface area (Å²) in [6.07, 6.45) is 2.41. The Morgan fingerprint density at radius 2 is 1.78 bits per heavy atom. The number of hydrogen-bond donors (Lipinski definition) is 1. The highest BCUT2D eigenvalue weighted by molar-refractivity contribution is 8.00. The minimum Gasteiger partial charge on any atom is -0.459 e. The maximum atomic E-state index is 13.4. The van der Waals surface area contributed by atoms with Crippen LogP contribution in [0, 0.1) is 34.0 Å².